The Labute approximate surface area is 90.7 Å². The first kappa shape index (κ1) is 10.6. The minimum absolute atomic E-state index is 0.202. The molecule has 3 nitrogen and oxygen atoms in total. The zero-order valence-corrected chi connectivity index (χ0v) is 9.26. The highest BCUT2D eigenvalue weighted by Gasteiger charge is 2.25. The number of hydrogen-bond donors (Lipinski definition) is 0. The summed E-state index contributed by atoms with van der Waals surface area (Å²) in [6, 6.07) is 0. The molecule has 3 heteroatoms. The van der Waals surface area contributed by atoms with E-state index in [0.29, 0.717) is 11.8 Å². The fourth-order valence-corrected chi connectivity index (χ4v) is 1.88. The van der Waals surface area contributed by atoms with E-state index in [1.807, 2.05) is 0 Å². The van der Waals surface area contributed by atoms with Gasteiger partial charge in [0.05, 0.1) is 37.9 Å². The fourth-order valence-electron chi connectivity index (χ4n) is 1.88. The minimum Gasteiger partial charge on any atom is -0.501 e. The molecule has 2 aliphatic rings. The van der Waals surface area contributed by atoms with Crippen molar-refractivity contribution in [3.8, 4) is 0 Å². The third-order valence-corrected chi connectivity index (χ3v) is 3.06. The molecule has 84 valence electrons. The Balaban J connectivity index is 1.79. The molecule has 0 spiro atoms. The van der Waals surface area contributed by atoms with Crippen LogP contribution in [-0.4, -0.2) is 25.4 Å². The first-order valence-corrected chi connectivity index (χ1v) is 5.49. The molecule has 0 saturated heterocycles. The van der Waals surface area contributed by atoms with Crippen molar-refractivity contribution in [2.75, 3.05) is 13.2 Å². The highest BCUT2D eigenvalue weighted by Crippen LogP contribution is 2.22. The fraction of sp³-hybridized carbons (Fsp3) is 0.667. The summed E-state index contributed by atoms with van der Waals surface area (Å²) >= 11 is 0. The van der Waals surface area contributed by atoms with E-state index in [-0.39, 0.29) is 12.2 Å². The average Bonchev–Trinajstić information content (AvgIpc) is 2.91. The molecule has 0 bridgehead atoms. The molecule has 2 heterocycles. The molecule has 0 aromatic carbocycles. The summed E-state index contributed by atoms with van der Waals surface area (Å²) in [5, 5.41) is 0. The quantitative estimate of drug-likeness (QED) is 0.711. The van der Waals surface area contributed by atoms with Gasteiger partial charge in [0.1, 0.15) is 0 Å². The lowest BCUT2D eigenvalue weighted by Gasteiger charge is -2.24. The van der Waals surface area contributed by atoms with Crippen LogP contribution in [0.25, 0.3) is 0 Å². The average molecular weight is 210 g/mol. The van der Waals surface area contributed by atoms with Gasteiger partial charge in [-0.3, -0.25) is 0 Å². The highest BCUT2D eigenvalue weighted by molar-refractivity contribution is 4.95. The van der Waals surface area contributed by atoms with Crippen molar-refractivity contribution in [3.05, 3.63) is 24.7 Å². The number of ether oxygens (including phenoxy) is 3. The zero-order chi connectivity index (χ0) is 10.7. The normalized spacial score (nSPS) is 32.4. The van der Waals surface area contributed by atoms with Crippen LogP contribution in [0, 0.1) is 11.8 Å². The molecule has 15 heavy (non-hydrogen) atoms. The number of rotatable bonds is 4. The lowest BCUT2D eigenvalue weighted by molar-refractivity contribution is -0.0425. The molecule has 4 atom stereocenters. The first-order chi connectivity index (χ1) is 7.27. The largest absolute Gasteiger partial charge is 0.501 e. The predicted molar refractivity (Wildman–Crippen MR) is 57.2 cm³/mol. The molecule has 0 aliphatic carbocycles. The van der Waals surface area contributed by atoms with Gasteiger partial charge < -0.3 is 14.2 Å². The van der Waals surface area contributed by atoms with Crippen LogP contribution >= 0.6 is 0 Å². The van der Waals surface area contributed by atoms with E-state index < -0.39 is 0 Å². The van der Waals surface area contributed by atoms with Crippen molar-refractivity contribution in [1.82, 2.24) is 0 Å². The molecule has 0 saturated carbocycles. The summed E-state index contributed by atoms with van der Waals surface area (Å²) in [5.74, 6) is 0.775. The van der Waals surface area contributed by atoms with Crippen LogP contribution in [-0.2, 0) is 14.2 Å². The van der Waals surface area contributed by atoms with Crippen LogP contribution in [0.4, 0.5) is 0 Å². The van der Waals surface area contributed by atoms with E-state index in [9.17, 15) is 0 Å². The summed E-state index contributed by atoms with van der Waals surface area (Å²) in [6.45, 7) is 5.68. The third kappa shape index (κ3) is 2.53. The topological polar surface area (TPSA) is 27.7 Å². The van der Waals surface area contributed by atoms with Gasteiger partial charge in [-0.05, 0) is 26.0 Å². The Hall–Kier alpha value is -0.960. The zero-order valence-electron chi connectivity index (χ0n) is 9.26. The van der Waals surface area contributed by atoms with Crippen molar-refractivity contribution < 1.29 is 14.2 Å². The van der Waals surface area contributed by atoms with Crippen LogP contribution in [0.1, 0.15) is 13.8 Å². The summed E-state index contributed by atoms with van der Waals surface area (Å²) < 4.78 is 16.3. The Morgan fingerprint density at radius 2 is 1.47 bits per heavy atom. The Bertz CT molecular complexity index is 234. The monoisotopic (exact) mass is 210 g/mol. The Morgan fingerprint density at radius 3 is 1.80 bits per heavy atom. The molecular formula is C12H18O3. The molecule has 2 aliphatic heterocycles. The van der Waals surface area contributed by atoms with Crippen LogP contribution < -0.4 is 0 Å². The second kappa shape index (κ2) is 4.71. The molecule has 0 amide bonds. The van der Waals surface area contributed by atoms with Crippen molar-refractivity contribution in [2.24, 2.45) is 11.8 Å². The van der Waals surface area contributed by atoms with Gasteiger partial charge in [0.15, 0.2) is 0 Å². The Kier molecular flexibility index (Phi) is 3.31. The van der Waals surface area contributed by atoms with Gasteiger partial charge in [-0.25, -0.2) is 0 Å². The lowest BCUT2D eigenvalue weighted by atomic mass is 10.0. The number of hydrogen-bond acceptors (Lipinski definition) is 3. The summed E-state index contributed by atoms with van der Waals surface area (Å²) in [4.78, 5) is 0. The smallest absolute Gasteiger partial charge is 0.0961 e. The Morgan fingerprint density at radius 1 is 1.00 bits per heavy atom. The van der Waals surface area contributed by atoms with Crippen molar-refractivity contribution in [2.45, 2.75) is 26.1 Å². The highest BCUT2D eigenvalue weighted by atomic mass is 16.5. The van der Waals surface area contributed by atoms with Crippen LogP contribution in [0.2, 0.25) is 0 Å². The van der Waals surface area contributed by atoms with Gasteiger partial charge in [0, 0.05) is 11.8 Å². The summed E-state index contributed by atoms with van der Waals surface area (Å²) in [7, 11) is 0. The maximum Gasteiger partial charge on any atom is 0.0961 e. The molecule has 0 N–H and O–H groups in total. The second-order valence-corrected chi connectivity index (χ2v) is 4.20. The standard InChI is InChI=1S/C12H18O3/c1-9(11-3-5-13-7-11)15-10(2)12-4-6-14-8-12/h3-6,9-12H,7-8H2,1-2H3. The van der Waals surface area contributed by atoms with E-state index >= 15 is 0 Å². The van der Waals surface area contributed by atoms with E-state index in [1.165, 1.54) is 0 Å². The van der Waals surface area contributed by atoms with E-state index in [0.717, 1.165) is 13.2 Å². The van der Waals surface area contributed by atoms with E-state index in [4.69, 9.17) is 14.2 Å². The van der Waals surface area contributed by atoms with Crippen LogP contribution in [0.15, 0.2) is 24.7 Å². The van der Waals surface area contributed by atoms with Gasteiger partial charge in [-0.1, -0.05) is 0 Å². The maximum absolute atomic E-state index is 5.96. The SMILES string of the molecule is CC(OC(C)C1C=COC1)C1C=COC1. The van der Waals surface area contributed by atoms with Gasteiger partial charge in [-0.15, -0.1) is 0 Å². The van der Waals surface area contributed by atoms with E-state index in [2.05, 4.69) is 26.0 Å². The molecule has 0 radical (unpaired) electrons. The predicted octanol–water partition coefficient (Wildman–Crippen LogP) is 2.10. The van der Waals surface area contributed by atoms with E-state index in [1.54, 1.807) is 12.5 Å². The first-order valence-electron chi connectivity index (χ1n) is 5.49. The van der Waals surface area contributed by atoms with Crippen LogP contribution in [0.5, 0.6) is 0 Å². The second-order valence-electron chi connectivity index (χ2n) is 4.20. The summed E-state index contributed by atoms with van der Waals surface area (Å²) in [5.41, 5.74) is 0. The lowest BCUT2D eigenvalue weighted by Crippen LogP contribution is -2.29. The molecule has 4 unspecified atom stereocenters. The molecule has 2 rings (SSSR count). The van der Waals surface area contributed by atoms with Gasteiger partial charge >= 0.3 is 0 Å². The summed E-state index contributed by atoms with van der Waals surface area (Å²) in [6.07, 6.45) is 8.05. The van der Waals surface area contributed by atoms with Crippen molar-refractivity contribution in [1.29, 1.82) is 0 Å². The molecule has 0 aromatic rings. The van der Waals surface area contributed by atoms with Crippen LogP contribution in [0.3, 0.4) is 0 Å². The van der Waals surface area contributed by atoms with Crippen molar-refractivity contribution in [3.63, 3.8) is 0 Å². The van der Waals surface area contributed by atoms with Gasteiger partial charge in [0.25, 0.3) is 0 Å². The van der Waals surface area contributed by atoms with Gasteiger partial charge in [-0.2, -0.15) is 0 Å². The minimum atomic E-state index is 0.202. The maximum atomic E-state index is 5.96. The van der Waals surface area contributed by atoms with Gasteiger partial charge in [0.2, 0.25) is 0 Å². The van der Waals surface area contributed by atoms with Crippen molar-refractivity contribution >= 4 is 0 Å². The molecule has 0 fully saturated rings. The molecule has 0 aromatic heterocycles. The molecular weight excluding hydrogens is 192 g/mol. The third-order valence-electron chi connectivity index (χ3n) is 3.06.